The minimum Gasteiger partial charge on any atom is -0.349 e. The molecule has 3 rings (SSSR count). The molecule has 2 heterocycles. The van der Waals surface area contributed by atoms with Crippen molar-refractivity contribution in [2.24, 2.45) is 0 Å². The van der Waals surface area contributed by atoms with Gasteiger partial charge in [0.15, 0.2) is 5.11 Å². The van der Waals surface area contributed by atoms with Crippen LogP contribution >= 0.6 is 12.2 Å². The van der Waals surface area contributed by atoms with Crippen LogP contribution in [0.25, 0.3) is 10.9 Å². The molecule has 1 aromatic carbocycles. The van der Waals surface area contributed by atoms with E-state index >= 15 is 0 Å². The number of hydrogen-bond acceptors (Lipinski definition) is 1. The molecule has 3 heteroatoms. The standard InChI is InChI=1S/C18H24N2S/c1-2-3-10-16-14-15-9-5-6-11-17(15)20(16)18(21)19-12-7-4-8-13-19/h5-6,9,11,14H,2-4,7-8,10,12-13H2,1H3. The highest BCUT2D eigenvalue weighted by molar-refractivity contribution is 7.80. The van der Waals surface area contributed by atoms with Crippen molar-refractivity contribution in [3.63, 3.8) is 0 Å². The molecule has 0 saturated carbocycles. The van der Waals surface area contributed by atoms with Crippen LogP contribution in [0.3, 0.4) is 0 Å². The van der Waals surface area contributed by atoms with Gasteiger partial charge in [-0.3, -0.25) is 4.57 Å². The summed E-state index contributed by atoms with van der Waals surface area (Å²) in [5, 5.41) is 2.31. The summed E-state index contributed by atoms with van der Waals surface area (Å²) < 4.78 is 2.33. The predicted octanol–water partition coefficient (Wildman–Crippen LogP) is 4.60. The number of likely N-dealkylation sites (tertiary alicyclic amines) is 1. The van der Waals surface area contributed by atoms with Crippen LogP contribution in [-0.4, -0.2) is 27.7 Å². The molecule has 1 aliphatic heterocycles. The van der Waals surface area contributed by atoms with Crippen molar-refractivity contribution < 1.29 is 0 Å². The van der Waals surface area contributed by atoms with Crippen LogP contribution < -0.4 is 0 Å². The number of para-hydroxylation sites is 1. The van der Waals surface area contributed by atoms with E-state index in [1.165, 1.54) is 48.7 Å². The van der Waals surface area contributed by atoms with E-state index in [0.29, 0.717) is 0 Å². The van der Waals surface area contributed by atoms with E-state index in [1.807, 2.05) is 0 Å². The summed E-state index contributed by atoms with van der Waals surface area (Å²) >= 11 is 5.85. The lowest BCUT2D eigenvalue weighted by Gasteiger charge is -2.30. The molecule has 1 aliphatic rings. The average molecular weight is 300 g/mol. The molecule has 112 valence electrons. The van der Waals surface area contributed by atoms with Crippen molar-refractivity contribution >= 4 is 28.2 Å². The van der Waals surface area contributed by atoms with Gasteiger partial charge < -0.3 is 4.90 Å². The Balaban J connectivity index is 1.99. The Labute approximate surface area is 132 Å². The fraction of sp³-hybridized carbons (Fsp3) is 0.500. The average Bonchev–Trinajstić information content (AvgIpc) is 2.91. The third kappa shape index (κ3) is 2.98. The Morgan fingerprint density at radius 1 is 1.14 bits per heavy atom. The Bertz CT molecular complexity index is 623. The first-order valence-electron chi connectivity index (χ1n) is 8.20. The highest BCUT2D eigenvalue weighted by atomic mass is 32.1. The third-order valence-electron chi connectivity index (χ3n) is 4.39. The zero-order valence-corrected chi connectivity index (χ0v) is 13.7. The van der Waals surface area contributed by atoms with E-state index in [-0.39, 0.29) is 0 Å². The summed E-state index contributed by atoms with van der Waals surface area (Å²) in [4.78, 5) is 2.39. The Hall–Kier alpha value is -1.35. The number of benzene rings is 1. The number of hydrogen-bond donors (Lipinski definition) is 0. The van der Waals surface area contributed by atoms with Gasteiger partial charge in [0.05, 0.1) is 5.52 Å². The second-order valence-electron chi connectivity index (χ2n) is 5.96. The topological polar surface area (TPSA) is 8.17 Å². The molecule has 0 N–H and O–H groups in total. The molecule has 0 aliphatic carbocycles. The number of piperidine rings is 1. The number of unbranched alkanes of at least 4 members (excludes halogenated alkanes) is 1. The quantitative estimate of drug-likeness (QED) is 0.765. The maximum absolute atomic E-state index is 5.85. The number of thiocarbonyl (C=S) groups is 1. The van der Waals surface area contributed by atoms with Crippen LogP contribution in [0.5, 0.6) is 0 Å². The fourth-order valence-electron chi connectivity index (χ4n) is 3.21. The first kappa shape index (κ1) is 14.6. The van der Waals surface area contributed by atoms with Gasteiger partial charge in [0, 0.05) is 24.2 Å². The van der Waals surface area contributed by atoms with Gasteiger partial charge in [-0.1, -0.05) is 31.5 Å². The molecule has 0 bridgehead atoms. The fourth-order valence-corrected chi connectivity index (χ4v) is 3.60. The Kier molecular flexibility index (Phi) is 4.59. The van der Waals surface area contributed by atoms with Crippen LogP contribution in [0.1, 0.15) is 44.7 Å². The zero-order valence-electron chi connectivity index (χ0n) is 12.8. The SMILES string of the molecule is CCCCc1cc2ccccc2n1C(=S)N1CCCCC1. The molecular weight excluding hydrogens is 276 g/mol. The number of fused-ring (bicyclic) bond motifs is 1. The van der Waals surface area contributed by atoms with Crippen molar-refractivity contribution in [1.29, 1.82) is 0 Å². The molecule has 1 fully saturated rings. The molecule has 21 heavy (non-hydrogen) atoms. The van der Waals surface area contributed by atoms with E-state index < -0.39 is 0 Å². The molecular formula is C18H24N2S. The number of aromatic nitrogens is 1. The zero-order chi connectivity index (χ0) is 14.7. The van der Waals surface area contributed by atoms with Crippen LogP contribution in [0, 0.1) is 0 Å². The first-order chi connectivity index (χ1) is 10.3. The molecule has 2 nitrogen and oxygen atoms in total. The molecule has 0 atom stereocenters. The summed E-state index contributed by atoms with van der Waals surface area (Å²) in [5.41, 5.74) is 2.63. The van der Waals surface area contributed by atoms with Gasteiger partial charge in [0.2, 0.25) is 0 Å². The maximum Gasteiger partial charge on any atom is 0.180 e. The Morgan fingerprint density at radius 3 is 2.67 bits per heavy atom. The van der Waals surface area contributed by atoms with Gasteiger partial charge in [-0.05, 0) is 56.5 Å². The predicted molar refractivity (Wildman–Crippen MR) is 94.0 cm³/mol. The van der Waals surface area contributed by atoms with Crippen molar-refractivity contribution in [3.8, 4) is 0 Å². The van der Waals surface area contributed by atoms with Gasteiger partial charge in [-0.25, -0.2) is 0 Å². The van der Waals surface area contributed by atoms with Crippen molar-refractivity contribution in [1.82, 2.24) is 9.47 Å². The monoisotopic (exact) mass is 300 g/mol. The van der Waals surface area contributed by atoms with Crippen LogP contribution in [0.4, 0.5) is 0 Å². The number of rotatable bonds is 3. The lowest BCUT2D eigenvalue weighted by atomic mass is 10.1. The minimum absolute atomic E-state index is 1.00. The van der Waals surface area contributed by atoms with Gasteiger partial charge in [0.1, 0.15) is 0 Å². The molecule has 1 aromatic heterocycles. The number of aryl methyl sites for hydroxylation is 1. The normalized spacial score (nSPS) is 15.6. The Morgan fingerprint density at radius 2 is 1.90 bits per heavy atom. The van der Waals surface area contributed by atoms with E-state index in [9.17, 15) is 0 Å². The highest BCUT2D eigenvalue weighted by Gasteiger charge is 2.18. The lowest BCUT2D eigenvalue weighted by molar-refractivity contribution is 0.339. The minimum atomic E-state index is 1.00. The second-order valence-corrected chi connectivity index (χ2v) is 6.33. The molecule has 0 radical (unpaired) electrons. The second kappa shape index (κ2) is 6.61. The third-order valence-corrected chi connectivity index (χ3v) is 4.83. The summed E-state index contributed by atoms with van der Waals surface area (Å²) in [5.74, 6) is 0. The van der Waals surface area contributed by atoms with Crippen LogP contribution in [0.15, 0.2) is 30.3 Å². The van der Waals surface area contributed by atoms with Gasteiger partial charge in [-0.2, -0.15) is 0 Å². The maximum atomic E-state index is 5.85. The number of nitrogens with zero attached hydrogens (tertiary/aromatic N) is 2. The molecule has 1 saturated heterocycles. The first-order valence-corrected chi connectivity index (χ1v) is 8.60. The molecule has 0 spiro atoms. The summed E-state index contributed by atoms with van der Waals surface area (Å²) in [7, 11) is 0. The van der Waals surface area contributed by atoms with Crippen molar-refractivity contribution in [2.75, 3.05) is 13.1 Å². The van der Waals surface area contributed by atoms with E-state index in [1.54, 1.807) is 0 Å². The van der Waals surface area contributed by atoms with E-state index in [2.05, 4.69) is 46.7 Å². The van der Waals surface area contributed by atoms with Crippen LogP contribution in [-0.2, 0) is 6.42 Å². The van der Waals surface area contributed by atoms with Crippen LogP contribution in [0.2, 0.25) is 0 Å². The van der Waals surface area contributed by atoms with Gasteiger partial charge in [0.25, 0.3) is 0 Å². The largest absolute Gasteiger partial charge is 0.349 e. The van der Waals surface area contributed by atoms with Gasteiger partial charge >= 0.3 is 0 Å². The molecule has 2 aromatic rings. The lowest BCUT2D eigenvalue weighted by Crippen LogP contribution is -2.38. The van der Waals surface area contributed by atoms with Crippen molar-refractivity contribution in [3.05, 3.63) is 36.0 Å². The highest BCUT2D eigenvalue weighted by Crippen LogP contribution is 2.23. The smallest absolute Gasteiger partial charge is 0.180 e. The summed E-state index contributed by atoms with van der Waals surface area (Å²) in [6.45, 7) is 4.47. The van der Waals surface area contributed by atoms with Gasteiger partial charge in [-0.15, -0.1) is 0 Å². The van der Waals surface area contributed by atoms with Crippen molar-refractivity contribution in [2.45, 2.75) is 45.4 Å². The summed E-state index contributed by atoms with van der Waals surface area (Å²) in [6.07, 6.45) is 7.43. The molecule has 0 unspecified atom stereocenters. The molecule has 0 amide bonds. The van der Waals surface area contributed by atoms with E-state index in [4.69, 9.17) is 12.2 Å². The summed E-state index contributed by atoms with van der Waals surface area (Å²) in [6, 6.07) is 10.9. The van der Waals surface area contributed by atoms with E-state index in [0.717, 1.165) is 24.6 Å².